The van der Waals surface area contributed by atoms with Gasteiger partial charge in [-0.3, -0.25) is 0 Å². The molecule has 3 aromatic rings. The van der Waals surface area contributed by atoms with Crippen molar-refractivity contribution in [2.24, 2.45) is 0 Å². The van der Waals surface area contributed by atoms with E-state index >= 15 is 0 Å². The summed E-state index contributed by atoms with van der Waals surface area (Å²) in [5.41, 5.74) is -1.59. The zero-order valence-electron chi connectivity index (χ0n) is 17.9. The SMILES string of the molecule is O=S(=O)(c1ccccc1C(F)(F)F)N1CCN(c2nccc(-c3cccc(C(F)(F)F)c3)n2)CC1. The fourth-order valence-electron chi connectivity index (χ4n) is 3.71. The van der Waals surface area contributed by atoms with Crippen LogP contribution in [0, 0.1) is 0 Å². The highest BCUT2D eigenvalue weighted by molar-refractivity contribution is 7.89. The number of nitrogens with zero attached hydrogens (tertiary/aromatic N) is 4. The molecule has 13 heteroatoms. The molecule has 0 aliphatic carbocycles. The van der Waals surface area contributed by atoms with Gasteiger partial charge in [-0.05, 0) is 30.3 Å². The number of sulfonamides is 1. The lowest BCUT2D eigenvalue weighted by atomic mass is 10.1. The van der Waals surface area contributed by atoms with E-state index in [-0.39, 0.29) is 43.4 Å². The van der Waals surface area contributed by atoms with E-state index in [0.717, 1.165) is 34.6 Å². The minimum absolute atomic E-state index is 0.0828. The fourth-order valence-corrected chi connectivity index (χ4v) is 5.34. The maximum atomic E-state index is 13.3. The molecule has 1 saturated heterocycles. The van der Waals surface area contributed by atoms with Gasteiger partial charge >= 0.3 is 12.4 Å². The molecular weight excluding hydrogens is 498 g/mol. The lowest BCUT2D eigenvalue weighted by Gasteiger charge is -2.34. The molecule has 0 radical (unpaired) electrons. The van der Waals surface area contributed by atoms with Gasteiger partial charge in [0.2, 0.25) is 16.0 Å². The van der Waals surface area contributed by atoms with Crippen LogP contribution in [0.25, 0.3) is 11.3 Å². The Morgan fingerprint density at radius 3 is 2.14 bits per heavy atom. The van der Waals surface area contributed by atoms with Crippen molar-refractivity contribution in [3.63, 3.8) is 0 Å². The smallest absolute Gasteiger partial charge is 0.338 e. The van der Waals surface area contributed by atoms with Crippen LogP contribution in [0.5, 0.6) is 0 Å². The number of benzene rings is 2. The average Bonchev–Trinajstić information content (AvgIpc) is 2.83. The van der Waals surface area contributed by atoms with E-state index in [4.69, 9.17) is 0 Å². The Kier molecular flexibility index (Phi) is 6.49. The molecule has 0 unspecified atom stereocenters. The molecule has 0 atom stereocenters. The summed E-state index contributed by atoms with van der Waals surface area (Å²) in [5.74, 6) is 0.174. The molecule has 0 amide bonds. The van der Waals surface area contributed by atoms with Gasteiger partial charge in [-0.15, -0.1) is 0 Å². The van der Waals surface area contributed by atoms with Crippen molar-refractivity contribution in [3.05, 3.63) is 71.9 Å². The summed E-state index contributed by atoms with van der Waals surface area (Å²) in [6, 6.07) is 10.1. The summed E-state index contributed by atoms with van der Waals surface area (Å²) >= 11 is 0. The zero-order chi connectivity index (χ0) is 25.4. The van der Waals surface area contributed by atoms with Gasteiger partial charge in [-0.2, -0.15) is 30.6 Å². The molecule has 1 aliphatic heterocycles. The minimum atomic E-state index is -4.83. The zero-order valence-corrected chi connectivity index (χ0v) is 18.7. The van der Waals surface area contributed by atoms with Crippen LogP contribution in [0.1, 0.15) is 11.1 Å². The van der Waals surface area contributed by atoms with Crippen LogP contribution < -0.4 is 4.90 Å². The van der Waals surface area contributed by atoms with Crippen molar-refractivity contribution in [1.82, 2.24) is 14.3 Å². The first-order chi connectivity index (χ1) is 16.4. The largest absolute Gasteiger partial charge is 0.417 e. The molecule has 1 fully saturated rings. The second kappa shape index (κ2) is 9.11. The molecule has 0 spiro atoms. The van der Waals surface area contributed by atoms with Crippen LogP contribution in [0.2, 0.25) is 0 Å². The number of piperazine rings is 1. The number of alkyl halides is 6. The van der Waals surface area contributed by atoms with Crippen molar-refractivity contribution in [3.8, 4) is 11.3 Å². The number of halogens is 6. The van der Waals surface area contributed by atoms with E-state index in [2.05, 4.69) is 9.97 Å². The molecule has 2 aromatic carbocycles. The van der Waals surface area contributed by atoms with Crippen molar-refractivity contribution in [1.29, 1.82) is 0 Å². The van der Waals surface area contributed by atoms with Gasteiger partial charge in [0.05, 0.1) is 21.7 Å². The maximum Gasteiger partial charge on any atom is 0.417 e. The highest BCUT2D eigenvalue weighted by atomic mass is 32.2. The molecule has 2 heterocycles. The Morgan fingerprint density at radius 1 is 0.800 bits per heavy atom. The minimum Gasteiger partial charge on any atom is -0.338 e. The number of aromatic nitrogens is 2. The molecule has 0 bridgehead atoms. The van der Waals surface area contributed by atoms with Gasteiger partial charge in [0.1, 0.15) is 0 Å². The quantitative estimate of drug-likeness (QED) is 0.471. The Bertz CT molecular complexity index is 1320. The van der Waals surface area contributed by atoms with Crippen molar-refractivity contribution < 1.29 is 34.8 Å². The molecule has 4 rings (SSSR count). The predicted molar refractivity (Wildman–Crippen MR) is 115 cm³/mol. The van der Waals surface area contributed by atoms with E-state index in [1.54, 1.807) is 4.90 Å². The first-order valence-electron chi connectivity index (χ1n) is 10.3. The Morgan fingerprint density at radius 2 is 1.49 bits per heavy atom. The molecule has 6 nitrogen and oxygen atoms in total. The second-order valence-corrected chi connectivity index (χ2v) is 9.61. The summed E-state index contributed by atoms with van der Waals surface area (Å²) in [5, 5.41) is 0. The van der Waals surface area contributed by atoms with Gasteiger partial charge in [0.15, 0.2) is 0 Å². The van der Waals surface area contributed by atoms with Crippen LogP contribution in [-0.2, 0) is 22.4 Å². The van der Waals surface area contributed by atoms with E-state index in [1.807, 2.05) is 0 Å². The molecule has 35 heavy (non-hydrogen) atoms. The fraction of sp³-hybridized carbons (Fsp3) is 0.273. The summed E-state index contributed by atoms with van der Waals surface area (Å²) in [6.45, 7) is -0.0732. The van der Waals surface area contributed by atoms with Crippen molar-refractivity contribution >= 4 is 16.0 Å². The van der Waals surface area contributed by atoms with Gasteiger partial charge in [-0.25, -0.2) is 18.4 Å². The van der Waals surface area contributed by atoms with Gasteiger partial charge in [0, 0.05) is 37.9 Å². The third-order valence-corrected chi connectivity index (χ3v) is 7.42. The van der Waals surface area contributed by atoms with Crippen LogP contribution in [0.4, 0.5) is 32.3 Å². The van der Waals surface area contributed by atoms with Crippen LogP contribution in [0.15, 0.2) is 65.7 Å². The molecule has 0 saturated carbocycles. The number of anilines is 1. The molecular formula is C22H18F6N4O2S. The summed E-state index contributed by atoms with van der Waals surface area (Å²) in [7, 11) is -4.41. The Hall–Kier alpha value is -3.19. The normalized spacial score (nSPS) is 15.9. The van der Waals surface area contributed by atoms with E-state index in [0.29, 0.717) is 0 Å². The highest BCUT2D eigenvalue weighted by Crippen LogP contribution is 2.36. The number of hydrogen-bond donors (Lipinski definition) is 0. The van der Waals surface area contributed by atoms with Crippen LogP contribution in [-0.4, -0.2) is 48.9 Å². The van der Waals surface area contributed by atoms with E-state index in [9.17, 15) is 34.8 Å². The van der Waals surface area contributed by atoms with Crippen molar-refractivity contribution in [2.75, 3.05) is 31.1 Å². The Balaban J connectivity index is 1.53. The third kappa shape index (κ3) is 5.25. The Labute approximate surface area is 196 Å². The van der Waals surface area contributed by atoms with Crippen LogP contribution in [0.3, 0.4) is 0 Å². The first-order valence-corrected chi connectivity index (χ1v) is 11.7. The maximum absolute atomic E-state index is 13.3. The van der Waals surface area contributed by atoms with Gasteiger partial charge in [-0.1, -0.05) is 24.3 Å². The lowest BCUT2D eigenvalue weighted by molar-refractivity contribution is -0.140. The molecule has 0 N–H and O–H groups in total. The standard InChI is InChI=1S/C22H18F6N4O2S/c23-21(24,25)16-5-3-4-15(14-16)18-8-9-29-20(30-18)31-10-12-32(13-11-31)35(33,34)19-7-2-1-6-17(19)22(26,27)28/h1-9,14H,10-13H2. The molecule has 186 valence electrons. The average molecular weight is 516 g/mol. The molecule has 1 aromatic heterocycles. The topological polar surface area (TPSA) is 66.4 Å². The second-order valence-electron chi connectivity index (χ2n) is 7.71. The first kappa shape index (κ1) is 24.9. The predicted octanol–water partition coefficient (Wildman–Crippen LogP) is 4.69. The lowest BCUT2D eigenvalue weighted by Crippen LogP contribution is -2.49. The van der Waals surface area contributed by atoms with E-state index in [1.165, 1.54) is 30.5 Å². The number of rotatable bonds is 4. The molecule has 1 aliphatic rings. The van der Waals surface area contributed by atoms with Gasteiger partial charge < -0.3 is 4.90 Å². The van der Waals surface area contributed by atoms with Gasteiger partial charge in [0.25, 0.3) is 0 Å². The summed E-state index contributed by atoms with van der Waals surface area (Å²) in [6.07, 6.45) is -7.97. The summed E-state index contributed by atoms with van der Waals surface area (Å²) in [4.78, 5) is 9.25. The van der Waals surface area contributed by atoms with Crippen LogP contribution >= 0.6 is 0 Å². The highest BCUT2D eigenvalue weighted by Gasteiger charge is 2.39. The van der Waals surface area contributed by atoms with E-state index < -0.39 is 38.4 Å². The number of hydrogen-bond acceptors (Lipinski definition) is 5. The summed E-state index contributed by atoms with van der Waals surface area (Å²) < 4.78 is 106. The van der Waals surface area contributed by atoms with Crippen molar-refractivity contribution in [2.45, 2.75) is 17.2 Å². The monoisotopic (exact) mass is 516 g/mol. The third-order valence-electron chi connectivity index (χ3n) is 5.46.